The van der Waals surface area contributed by atoms with Crippen LogP contribution < -0.4 is 11.1 Å². The predicted molar refractivity (Wildman–Crippen MR) is 94.2 cm³/mol. The van der Waals surface area contributed by atoms with Crippen molar-refractivity contribution in [2.75, 3.05) is 33.7 Å². The van der Waals surface area contributed by atoms with Crippen LogP contribution in [0.2, 0.25) is 0 Å². The normalized spacial score (nSPS) is 18.7. The number of nitrogens with zero attached hydrogens (tertiary/aromatic N) is 2. The molecule has 0 unspecified atom stereocenters. The van der Waals surface area contributed by atoms with E-state index in [0.29, 0.717) is 17.3 Å². The molecule has 1 fully saturated rings. The first-order chi connectivity index (χ1) is 8.43. The molecule has 3 N–H and O–H groups in total. The fourth-order valence-electron chi connectivity index (χ4n) is 2.78. The van der Waals surface area contributed by atoms with Crippen LogP contribution in [0.4, 0.5) is 0 Å². The summed E-state index contributed by atoms with van der Waals surface area (Å²) in [7, 11) is 4.29. The van der Waals surface area contributed by atoms with Crippen molar-refractivity contribution in [3.05, 3.63) is 0 Å². The Labute approximate surface area is 135 Å². The van der Waals surface area contributed by atoms with E-state index in [0.717, 1.165) is 19.6 Å². The van der Waals surface area contributed by atoms with E-state index in [9.17, 15) is 0 Å². The zero-order chi connectivity index (χ0) is 13.6. The van der Waals surface area contributed by atoms with Crippen LogP contribution in [0.15, 0.2) is 4.99 Å². The summed E-state index contributed by atoms with van der Waals surface area (Å²) in [5.74, 6) is 1.20. The molecular formula is C14H31IN4. The third-order valence-corrected chi connectivity index (χ3v) is 3.59. The highest BCUT2D eigenvalue weighted by atomic mass is 127. The first-order valence-electron chi connectivity index (χ1n) is 7.12. The Kier molecular flexibility index (Phi) is 8.98. The molecule has 0 bridgehead atoms. The average Bonchev–Trinajstić information content (AvgIpc) is 2.71. The van der Waals surface area contributed by atoms with Gasteiger partial charge in [-0.2, -0.15) is 0 Å². The highest BCUT2D eigenvalue weighted by Crippen LogP contribution is 2.38. The maximum absolute atomic E-state index is 5.92. The van der Waals surface area contributed by atoms with Crippen LogP contribution in [0.25, 0.3) is 0 Å². The van der Waals surface area contributed by atoms with Crippen molar-refractivity contribution in [2.45, 2.75) is 39.5 Å². The van der Waals surface area contributed by atoms with E-state index in [4.69, 9.17) is 5.73 Å². The molecule has 0 radical (unpaired) electrons. The van der Waals surface area contributed by atoms with Gasteiger partial charge in [0, 0.05) is 25.0 Å². The van der Waals surface area contributed by atoms with Crippen LogP contribution in [0, 0.1) is 11.3 Å². The lowest BCUT2D eigenvalue weighted by Crippen LogP contribution is -2.38. The lowest BCUT2D eigenvalue weighted by atomic mass is 9.86. The van der Waals surface area contributed by atoms with E-state index >= 15 is 0 Å². The first kappa shape index (κ1) is 19.0. The SMILES string of the molecule is CC(C)CNC(N)=NCC1(CN(C)C)CCCC1.I. The number of nitrogens with two attached hydrogens (primary N) is 1. The van der Waals surface area contributed by atoms with Crippen LogP contribution in [-0.2, 0) is 0 Å². The summed E-state index contributed by atoms with van der Waals surface area (Å²) in [5, 5.41) is 3.19. The van der Waals surface area contributed by atoms with Crippen LogP contribution in [0.5, 0.6) is 0 Å². The Bertz CT molecular complexity index is 271. The Morgan fingerprint density at radius 2 is 1.89 bits per heavy atom. The smallest absolute Gasteiger partial charge is 0.188 e. The molecule has 0 aromatic heterocycles. The minimum absolute atomic E-state index is 0. The molecule has 0 atom stereocenters. The molecular weight excluding hydrogens is 351 g/mol. The standard InChI is InChI=1S/C14H30N4.HI/c1-12(2)9-16-13(15)17-10-14(11-18(3)4)7-5-6-8-14;/h12H,5-11H2,1-4H3,(H3,15,16,17);1H. The molecule has 4 nitrogen and oxygen atoms in total. The second-order valence-electron chi connectivity index (χ2n) is 6.42. The van der Waals surface area contributed by atoms with Crippen LogP contribution in [-0.4, -0.2) is 44.6 Å². The van der Waals surface area contributed by atoms with Gasteiger partial charge in [-0.25, -0.2) is 0 Å². The molecule has 1 saturated carbocycles. The van der Waals surface area contributed by atoms with Gasteiger partial charge in [0.25, 0.3) is 0 Å². The first-order valence-corrected chi connectivity index (χ1v) is 7.12. The topological polar surface area (TPSA) is 53.6 Å². The highest BCUT2D eigenvalue weighted by Gasteiger charge is 2.34. The van der Waals surface area contributed by atoms with Gasteiger partial charge in [0.2, 0.25) is 0 Å². The van der Waals surface area contributed by atoms with Gasteiger partial charge < -0.3 is 16.0 Å². The largest absolute Gasteiger partial charge is 0.370 e. The van der Waals surface area contributed by atoms with Crippen molar-refractivity contribution in [1.29, 1.82) is 0 Å². The van der Waals surface area contributed by atoms with E-state index in [1.807, 2.05) is 0 Å². The zero-order valence-electron chi connectivity index (χ0n) is 12.9. The lowest BCUT2D eigenvalue weighted by molar-refractivity contribution is 0.210. The molecule has 1 aliphatic carbocycles. The summed E-state index contributed by atoms with van der Waals surface area (Å²) in [5.41, 5.74) is 6.27. The Balaban J connectivity index is 0.00000324. The fraction of sp³-hybridized carbons (Fsp3) is 0.929. The van der Waals surface area contributed by atoms with Crippen LogP contribution in [0.1, 0.15) is 39.5 Å². The Hall–Kier alpha value is -0.0400. The summed E-state index contributed by atoms with van der Waals surface area (Å²) in [4.78, 5) is 6.84. The molecule has 0 spiro atoms. The van der Waals surface area contributed by atoms with E-state index in [-0.39, 0.29) is 24.0 Å². The molecule has 0 aromatic carbocycles. The van der Waals surface area contributed by atoms with E-state index < -0.39 is 0 Å². The van der Waals surface area contributed by atoms with Crippen molar-refractivity contribution < 1.29 is 0 Å². The van der Waals surface area contributed by atoms with Gasteiger partial charge in [-0.05, 0) is 32.9 Å². The van der Waals surface area contributed by atoms with Crippen LogP contribution in [0.3, 0.4) is 0 Å². The van der Waals surface area contributed by atoms with Gasteiger partial charge in [-0.3, -0.25) is 4.99 Å². The van der Waals surface area contributed by atoms with Gasteiger partial charge in [-0.15, -0.1) is 24.0 Å². The van der Waals surface area contributed by atoms with Crippen molar-refractivity contribution in [3.8, 4) is 0 Å². The minimum atomic E-state index is 0. The number of hydrogen-bond acceptors (Lipinski definition) is 2. The lowest BCUT2D eigenvalue weighted by Gasteiger charge is -2.30. The molecule has 0 aromatic rings. The molecule has 0 heterocycles. The fourth-order valence-corrected chi connectivity index (χ4v) is 2.78. The molecule has 1 rings (SSSR count). The van der Waals surface area contributed by atoms with E-state index in [1.165, 1.54) is 25.7 Å². The second kappa shape index (κ2) is 9.00. The van der Waals surface area contributed by atoms with Crippen LogP contribution >= 0.6 is 24.0 Å². The molecule has 1 aliphatic rings. The molecule has 114 valence electrons. The molecule has 0 amide bonds. The van der Waals surface area contributed by atoms with Crippen molar-refractivity contribution in [2.24, 2.45) is 22.1 Å². The third kappa shape index (κ3) is 7.34. The number of guanidine groups is 1. The summed E-state index contributed by atoms with van der Waals surface area (Å²) >= 11 is 0. The number of rotatable bonds is 6. The van der Waals surface area contributed by atoms with Gasteiger partial charge in [-0.1, -0.05) is 26.7 Å². The summed E-state index contributed by atoms with van der Waals surface area (Å²) in [6, 6.07) is 0. The van der Waals surface area contributed by atoms with Gasteiger partial charge in [0.05, 0.1) is 0 Å². The molecule has 0 aliphatic heterocycles. The maximum atomic E-state index is 5.92. The van der Waals surface area contributed by atoms with Crippen molar-refractivity contribution >= 4 is 29.9 Å². The summed E-state index contributed by atoms with van der Waals surface area (Å²) < 4.78 is 0. The predicted octanol–water partition coefficient (Wildman–Crippen LogP) is 2.29. The Morgan fingerprint density at radius 3 is 2.37 bits per heavy atom. The molecule has 19 heavy (non-hydrogen) atoms. The van der Waals surface area contributed by atoms with Crippen molar-refractivity contribution in [1.82, 2.24) is 10.2 Å². The average molecular weight is 382 g/mol. The van der Waals surface area contributed by atoms with E-state index in [1.54, 1.807) is 0 Å². The summed E-state index contributed by atoms with van der Waals surface area (Å²) in [6.45, 7) is 7.22. The second-order valence-corrected chi connectivity index (χ2v) is 6.42. The van der Waals surface area contributed by atoms with Gasteiger partial charge >= 0.3 is 0 Å². The number of halogens is 1. The third-order valence-electron chi connectivity index (χ3n) is 3.59. The minimum Gasteiger partial charge on any atom is -0.370 e. The number of aliphatic imine (C=N–C) groups is 1. The zero-order valence-corrected chi connectivity index (χ0v) is 15.2. The number of nitrogens with one attached hydrogen (secondary N) is 1. The molecule has 0 saturated heterocycles. The molecule has 5 heteroatoms. The van der Waals surface area contributed by atoms with E-state index in [2.05, 4.69) is 43.2 Å². The van der Waals surface area contributed by atoms with Gasteiger partial charge in [0.1, 0.15) is 0 Å². The highest BCUT2D eigenvalue weighted by molar-refractivity contribution is 14.0. The quantitative estimate of drug-likeness (QED) is 0.421. The van der Waals surface area contributed by atoms with Gasteiger partial charge in [0.15, 0.2) is 5.96 Å². The maximum Gasteiger partial charge on any atom is 0.188 e. The van der Waals surface area contributed by atoms with Crippen molar-refractivity contribution in [3.63, 3.8) is 0 Å². The Morgan fingerprint density at radius 1 is 1.32 bits per heavy atom. The number of hydrogen-bond donors (Lipinski definition) is 2. The summed E-state index contributed by atoms with van der Waals surface area (Å²) in [6.07, 6.45) is 5.24. The monoisotopic (exact) mass is 382 g/mol.